The first-order chi connectivity index (χ1) is 17.6. The van der Waals surface area contributed by atoms with Crippen LogP contribution in [0.15, 0.2) is 54.6 Å². The Morgan fingerprint density at radius 2 is 1.83 bits per heavy atom. The van der Waals surface area contributed by atoms with Crippen molar-refractivity contribution >= 4 is 11.8 Å². The van der Waals surface area contributed by atoms with Gasteiger partial charge in [0.25, 0.3) is 5.91 Å². The summed E-state index contributed by atoms with van der Waals surface area (Å²) in [5, 5.41) is 7.63. The van der Waals surface area contributed by atoms with E-state index in [4.69, 9.17) is 9.84 Å². The Morgan fingerprint density at radius 3 is 2.58 bits per heavy atom. The van der Waals surface area contributed by atoms with Gasteiger partial charge >= 0.3 is 0 Å². The molecule has 1 aromatic heterocycles. The number of carbonyl (C=O) groups is 2. The number of carbonyl (C=O) groups excluding carboxylic acids is 2. The van der Waals surface area contributed by atoms with E-state index in [0.29, 0.717) is 25.3 Å². The van der Waals surface area contributed by atoms with Crippen molar-refractivity contribution < 1.29 is 14.3 Å². The number of nitrogens with one attached hydrogen (secondary N) is 1. The van der Waals surface area contributed by atoms with Crippen molar-refractivity contribution in [2.45, 2.75) is 38.9 Å². The number of hydrogen-bond acceptors (Lipinski definition) is 5. The molecule has 0 bridgehead atoms. The number of benzene rings is 2. The number of rotatable bonds is 8. The Hall–Kier alpha value is -3.65. The molecule has 3 heterocycles. The van der Waals surface area contributed by atoms with Crippen LogP contribution in [0, 0.1) is 0 Å². The summed E-state index contributed by atoms with van der Waals surface area (Å²) in [6.45, 7) is 4.21. The number of ether oxygens (including phenoxy) is 1. The van der Waals surface area contributed by atoms with Gasteiger partial charge in [-0.25, -0.2) is 0 Å². The van der Waals surface area contributed by atoms with Gasteiger partial charge in [0.2, 0.25) is 5.91 Å². The number of methoxy groups -OCH3 is 1. The van der Waals surface area contributed by atoms with E-state index in [1.807, 2.05) is 22.9 Å². The van der Waals surface area contributed by atoms with Crippen molar-refractivity contribution in [3.8, 4) is 5.75 Å². The molecular formula is C28H33N5O3. The zero-order valence-corrected chi connectivity index (χ0v) is 20.8. The molecule has 0 aliphatic carbocycles. The fourth-order valence-corrected chi connectivity index (χ4v) is 5.07. The first-order valence-electron chi connectivity index (χ1n) is 12.6. The normalized spacial score (nSPS) is 15.9. The number of hydrogen-bond donors (Lipinski definition) is 1. The van der Waals surface area contributed by atoms with E-state index in [9.17, 15) is 9.59 Å². The first kappa shape index (κ1) is 24.1. The van der Waals surface area contributed by atoms with Gasteiger partial charge in [-0.1, -0.05) is 42.5 Å². The van der Waals surface area contributed by atoms with Gasteiger partial charge in [-0.2, -0.15) is 5.10 Å². The minimum atomic E-state index is -0.144. The first-order valence-corrected chi connectivity index (χ1v) is 12.6. The molecule has 0 saturated carbocycles. The van der Waals surface area contributed by atoms with Gasteiger partial charge in [0, 0.05) is 56.9 Å². The summed E-state index contributed by atoms with van der Waals surface area (Å²) in [5.41, 5.74) is 5.16. The zero-order valence-electron chi connectivity index (χ0n) is 20.8. The second kappa shape index (κ2) is 11.0. The van der Waals surface area contributed by atoms with Crippen molar-refractivity contribution in [2.75, 3.05) is 33.3 Å². The van der Waals surface area contributed by atoms with Crippen LogP contribution in [0.1, 0.15) is 39.3 Å². The van der Waals surface area contributed by atoms with Crippen LogP contribution < -0.4 is 10.1 Å². The summed E-state index contributed by atoms with van der Waals surface area (Å²) in [5.74, 6) is 0.580. The van der Waals surface area contributed by atoms with E-state index in [0.717, 1.165) is 55.9 Å². The molecule has 0 unspecified atom stereocenters. The van der Waals surface area contributed by atoms with Crippen LogP contribution in [0.2, 0.25) is 0 Å². The van der Waals surface area contributed by atoms with Gasteiger partial charge in [-0.3, -0.25) is 19.2 Å². The molecule has 0 atom stereocenters. The van der Waals surface area contributed by atoms with Crippen LogP contribution in [-0.4, -0.2) is 64.7 Å². The summed E-state index contributed by atoms with van der Waals surface area (Å²) in [4.78, 5) is 29.4. The SMILES string of the molecule is COc1ccc(CN2CCc3c(c(C(=O)N4CCNC(=O)C4)nn3CCCc3ccccc3)C2)cc1. The lowest BCUT2D eigenvalue weighted by molar-refractivity contribution is -0.123. The second-order valence-corrected chi connectivity index (χ2v) is 9.47. The lowest BCUT2D eigenvalue weighted by atomic mass is 10.0. The Morgan fingerprint density at radius 1 is 1.03 bits per heavy atom. The highest BCUT2D eigenvalue weighted by Crippen LogP contribution is 2.26. The molecule has 36 heavy (non-hydrogen) atoms. The molecule has 188 valence electrons. The molecule has 8 nitrogen and oxygen atoms in total. The molecule has 1 fully saturated rings. The monoisotopic (exact) mass is 487 g/mol. The fourth-order valence-electron chi connectivity index (χ4n) is 5.07. The van der Waals surface area contributed by atoms with Gasteiger partial charge in [-0.05, 0) is 36.1 Å². The van der Waals surface area contributed by atoms with Crippen LogP contribution >= 0.6 is 0 Å². The van der Waals surface area contributed by atoms with E-state index >= 15 is 0 Å². The summed E-state index contributed by atoms with van der Waals surface area (Å²) >= 11 is 0. The van der Waals surface area contributed by atoms with Gasteiger partial charge < -0.3 is 15.0 Å². The molecule has 0 spiro atoms. The van der Waals surface area contributed by atoms with Crippen molar-refractivity contribution in [3.05, 3.63) is 82.7 Å². The summed E-state index contributed by atoms with van der Waals surface area (Å²) in [6.07, 6.45) is 2.76. The van der Waals surface area contributed by atoms with Gasteiger partial charge in [0.15, 0.2) is 5.69 Å². The number of aromatic nitrogens is 2. The lowest BCUT2D eigenvalue weighted by Gasteiger charge is -2.29. The van der Waals surface area contributed by atoms with Crippen LogP contribution in [0.4, 0.5) is 0 Å². The average molecular weight is 488 g/mol. The topological polar surface area (TPSA) is 79.7 Å². The standard InChI is InChI=1S/C28H33N5O3/c1-36-23-11-9-22(10-12-23)18-31-16-13-25-24(19-31)27(28(35)32-17-14-29-26(34)20-32)30-33(25)15-5-8-21-6-3-2-4-7-21/h2-4,6-7,9-12H,5,8,13-20H2,1H3,(H,29,34). The molecule has 1 saturated heterocycles. The second-order valence-electron chi connectivity index (χ2n) is 9.47. The Bertz CT molecular complexity index is 1210. The van der Waals surface area contributed by atoms with Gasteiger partial charge in [0.05, 0.1) is 13.7 Å². The maximum absolute atomic E-state index is 13.5. The predicted molar refractivity (Wildman–Crippen MR) is 137 cm³/mol. The maximum Gasteiger partial charge on any atom is 0.275 e. The highest BCUT2D eigenvalue weighted by molar-refractivity contribution is 5.97. The highest BCUT2D eigenvalue weighted by Gasteiger charge is 2.32. The fraction of sp³-hybridized carbons (Fsp3) is 0.393. The van der Waals surface area contributed by atoms with E-state index in [1.54, 1.807) is 12.0 Å². The zero-order chi connectivity index (χ0) is 24.9. The highest BCUT2D eigenvalue weighted by atomic mass is 16.5. The van der Waals surface area contributed by atoms with E-state index in [-0.39, 0.29) is 18.4 Å². The molecule has 2 aliphatic rings. The molecule has 0 radical (unpaired) electrons. The number of nitrogens with zero attached hydrogens (tertiary/aromatic N) is 4. The molecular weight excluding hydrogens is 454 g/mol. The Labute approximate surface area is 211 Å². The minimum absolute atomic E-state index is 0.0873. The molecule has 2 aliphatic heterocycles. The molecule has 5 rings (SSSR count). The van der Waals surface area contributed by atoms with E-state index in [2.05, 4.69) is 46.6 Å². The van der Waals surface area contributed by atoms with Crippen LogP contribution in [-0.2, 0) is 37.3 Å². The number of piperazine rings is 1. The third kappa shape index (κ3) is 5.44. The lowest BCUT2D eigenvalue weighted by Crippen LogP contribution is -2.50. The van der Waals surface area contributed by atoms with E-state index in [1.165, 1.54) is 11.1 Å². The van der Waals surface area contributed by atoms with Crippen molar-refractivity contribution in [1.82, 2.24) is 24.9 Å². The van der Waals surface area contributed by atoms with Crippen LogP contribution in [0.5, 0.6) is 5.75 Å². The smallest absolute Gasteiger partial charge is 0.275 e. The average Bonchev–Trinajstić information content (AvgIpc) is 3.27. The molecule has 3 aromatic rings. The van der Waals surface area contributed by atoms with Gasteiger partial charge in [-0.15, -0.1) is 0 Å². The van der Waals surface area contributed by atoms with Crippen molar-refractivity contribution in [2.24, 2.45) is 0 Å². The maximum atomic E-state index is 13.5. The van der Waals surface area contributed by atoms with Crippen molar-refractivity contribution in [1.29, 1.82) is 0 Å². The van der Waals surface area contributed by atoms with E-state index < -0.39 is 0 Å². The summed E-state index contributed by atoms with van der Waals surface area (Å²) < 4.78 is 7.32. The summed E-state index contributed by atoms with van der Waals surface area (Å²) in [7, 11) is 1.67. The van der Waals surface area contributed by atoms with Crippen LogP contribution in [0.25, 0.3) is 0 Å². The quantitative estimate of drug-likeness (QED) is 0.529. The minimum Gasteiger partial charge on any atom is -0.497 e. The third-order valence-corrected chi connectivity index (χ3v) is 6.98. The molecule has 1 N–H and O–H groups in total. The van der Waals surface area contributed by atoms with Gasteiger partial charge in [0.1, 0.15) is 5.75 Å². The number of fused-ring (bicyclic) bond motifs is 1. The predicted octanol–water partition coefficient (Wildman–Crippen LogP) is 2.65. The Balaban J connectivity index is 1.35. The number of amides is 2. The Kier molecular flexibility index (Phi) is 7.32. The largest absolute Gasteiger partial charge is 0.497 e. The molecule has 2 amide bonds. The third-order valence-electron chi connectivity index (χ3n) is 6.98. The van der Waals surface area contributed by atoms with Crippen LogP contribution in [0.3, 0.4) is 0 Å². The number of aryl methyl sites for hydroxylation is 2. The summed E-state index contributed by atoms with van der Waals surface area (Å²) in [6, 6.07) is 18.6. The van der Waals surface area contributed by atoms with Crippen molar-refractivity contribution in [3.63, 3.8) is 0 Å². The molecule has 2 aromatic carbocycles. The molecule has 8 heteroatoms.